The van der Waals surface area contributed by atoms with Gasteiger partial charge in [0.2, 0.25) is 0 Å². The highest BCUT2D eigenvalue weighted by atomic mass is 16.5. The fourth-order valence-corrected chi connectivity index (χ4v) is 3.46. The van der Waals surface area contributed by atoms with Gasteiger partial charge in [-0.3, -0.25) is 4.98 Å². The molecule has 4 aromatic rings. The summed E-state index contributed by atoms with van der Waals surface area (Å²) in [5.74, 6) is 0.844. The zero-order valence-corrected chi connectivity index (χ0v) is 16.7. The van der Waals surface area contributed by atoms with Gasteiger partial charge in [0.25, 0.3) is 0 Å². The molecule has 0 saturated carbocycles. The van der Waals surface area contributed by atoms with E-state index in [1.807, 2.05) is 42.6 Å². The third-order valence-electron chi connectivity index (χ3n) is 5.02. The van der Waals surface area contributed by atoms with E-state index >= 15 is 0 Å². The summed E-state index contributed by atoms with van der Waals surface area (Å²) in [6.07, 6.45) is 1.84. The number of aryl methyl sites for hydroxylation is 1. The third kappa shape index (κ3) is 4.30. The van der Waals surface area contributed by atoms with Crippen LogP contribution in [0.4, 0.5) is 5.69 Å². The van der Waals surface area contributed by atoms with Crippen molar-refractivity contribution in [3.8, 4) is 17.0 Å². The van der Waals surface area contributed by atoms with Crippen LogP contribution < -0.4 is 10.1 Å². The Morgan fingerprint density at radius 2 is 1.52 bits per heavy atom. The first-order chi connectivity index (χ1) is 14.2. The molecule has 3 aromatic carbocycles. The molecule has 4 rings (SSSR count). The maximum Gasteiger partial charge on any atom is 0.119 e. The summed E-state index contributed by atoms with van der Waals surface area (Å²) in [7, 11) is 1.68. The minimum atomic E-state index is -0.0119. The molecule has 3 heteroatoms. The van der Waals surface area contributed by atoms with E-state index in [1.54, 1.807) is 7.11 Å². The highest BCUT2D eigenvalue weighted by Gasteiger charge is 2.19. The van der Waals surface area contributed by atoms with E-state index < -0.39 is 0 Å². The Labute approximate surface area is 172 Å². The smallest absolute Gasteiger partial charge is 0.119 e. The first-order valence-electron chi connectivity index (χ1n) is 9.72. The number of hydrogen-bond acceptors (Lipinski definition) is 3. The molecule has 1 aromatic heterocycles. The van der Waals surface area contributed by atoms with Crippen LogP contribution >= 0.6 is 0 Å². The average molecular weight is 380 g/mol. The molecule has 0 unspecified atom stereocenters. The summed E-state index contributed by atoms with van der Waals surface area (Å²) in [6.45, 7) is 2.11. The number of hydrogen-bond donors (Lipinski definition) is 1. The van der Waals surface area contributed by atoms with Gasteiger partial charge in [0.1, 0.15) is 5.75 Å². The third-order valence-corrected chi connectivity index (χ3v) is 5.02. The van der Waals surface area contributed by atoms with Crippen LogP contribution in [0.25, 0.3) is 11.3 Å². The van der Waals surface area contributed by atoms with E-state index in [-0.39, 0.29) is 6.04 Å². The Morgan fingerprint density at radius 3 is 2.21 bits per heavy atom. The van der Waals surface area contributed by atoms with Crippen molar-refractivity contribution in [1.82, 2.24) is 4.98 Å². The fourth-order valence-electron chi connectivity index (χ4n) is 3.46. The van der Waals surface area contributed by atoms with E-state index in [9.17, 15) is 0 Å². The van der Waals surface area contributed by atoms with Crippen LogP contribution in [0.15, 0.2) is 97.2 Å². The van der Waals surface area contributed by atoms with Gasteiger partial charge in [-0.2, -0.15) is 0 Å². The molecule has 0 spiro atoms. The summed E-state index contributed by atoms with van der Waals surface area (Å²) in [6, 6.07) is 31.2. The lowest BCUT2D eigenvalue weighted by Gasteiger charge is -2.24. The van der Waals surface area contributed by atoms with Gasteiger partial charge in [0.05, 0.1) is 18.8 Å². The zero-order chi connectivity index (χ0) is 20.1. The maximum atomic E-state index is 5.30. The molecule has 3 nitrogen and oxygen atoms in total. The van der Waals surface area contributed by atoms with Crippen molar-refractivity contribution < 1.29 is 4.74 Å². The second kappa shape index (κ2) is 8.61. The van der Waals surface area contributed by atoms with Gasteiger partial charge in [-0.15, -0.1) is 0 Å². The summed E-state index contributed by atoms with van der Waals surface area (Å²) < 4.78 is 5.30. The number of benzene rings is 3. The highest BCUT2D eigenvalue weighted by molar-refractivity contribution is 5.67. The van der Waals surface area contributed by atoms with E-state index in [2.05, 4.69) is 71.8 Å². The first-order valence-corrected chi connectivity index (χ1v) is 9.72. The van der Waals surface area contributed by atoms with Crippen molar-refractivity contribution >= 4 is 5.69 Å². The van der Waals surface area contributed by atoms with Crippen molar-refractivity contribution in [2.45, 2.75) is 13.0 Å². The lowest BCUT2D eigenvalue weighted by molar-refractivity contribution is 0.415. The van der Waals surface area contributed by atoms with Gasteiger partial charge < -0.3 is 10.1 Å². The predicted molar refractivity (Wildman–Crippen MR) is 119 cm³/mol. The van der Waals surface area contributed by atoms with Crippen molar-refractivity contribution in [2.24, 2.45) is 0 Å². The van der Waals surface area contributed by atoms with E-state index in [1.165, 1.54) is 16.7 Å². The lowest BCUT2D eigenvalue weighted by Crippen LogP contribution is -2.13. The van der Waals surface area contributed by atoms with Crippen LogP contribution in [0, 0.1) is 6.92 Å². The number of aromatic nitrogens is 1. The van der Waals surface area contributed by atoms with Gasteiger partial charge in [-0.05, 0) is 54.4 Å². The molecule has 0 amide bonds. The Kier molecular flexibility index (Phi) is 5.57. The molecular formula is C26H24N2O. The van der Waals surface area contributed by atoms with Gasteiger partial charge >= 0.3 is 0 Å². The molecule has 1 N–H and O–H groups in total. The Balaban J connectivity index is 1.79. The molecule has 0 saturated heterocycles. The molecule has 1 heterocycles. The number of pyridine rings is 1. The maximum absolute atomic E-state index is 5.30. The number of anilines is 1. The van der Waals surface area contributed by atoms with Crippen LogP contribution in [-0.4, -0.2) is 12.1 Å². The quantitative estimate of drug-likeness (QED) is 0.428. The van der Waals surface area contributed by atoms with Crippen LogP contribution in [0.2, 0.25) is 0 Å². The van der Waals surface area contributed by atoms with Crippen molar-refractivity contribution in [3.05, 3.63) is 114 Å². The van der Waals surface area contributed by atoms with Crippen molar-refractivity contribution in [3.63, 3.8) is 0 Å². The molecule has 0 aliphatic rings. The van der Waals surface area contributed by atoms with E-state index in [0.717, 1.165) is 22.7 Å². The summed E-state index contributed by atoms with van der Waals surface area (Å²) in [5, 5.41) is 3.71. The molecule has 0 bridgehead atoms. The molecule has 29 heavy (non-hydrogen) atoms. The summed E-state index contributed by atoms with van der Waals surface area (Å²) in [4.78, 5) is 4.59. The molecule has 0 aliphatic carbocycles. The van der Waals surface area contributed by atoms with Crippen molar-refractivity contribution in [2.75, 3.05) is 12.4 Å². The largest absolute Gasteiger partial charge is 0.497 e. The zero-order valence-electron chi connectivity index (χ0n) is 16.7. The predicted octanol–water partition coefficient (Wildman–Crippen LogP) is 6.27. The minimum Gasteiger partial charge on any atom is -0.497 e. The van der Waals surface area contributed by atoms with Gasteiger partial charge in [-0.25, -0.2) is 0 Å². The monoisotopic (exact) mass is 380 g/mol. The molecule has 144 valence electrons. The number of methoxy groups -OCH3 is 1. The van der Waals surface area contributed by atoms with Gasteiger partial charge in [0, 0.05) is 17.4 Å². The second-order valence-corrected chi connectivity index (χ2v) is 7.02. The highest BCUT2D eigenvalue weighted by Crippen LogP contribution is 2.34. The molecule has 1 atom stereocenters. The molecule has 0 radical (unpaired) electrons. The van der Waals surface area contributed by atoms with Crippen LogP contribution in [-0.2, 0) is 0 Å². The van der Waals surface area contributed by atoms with Gasteiger partial charge in [-0.1, -0.05) is 60.2 Å². The van der Waals surface area contributed by atoms with Crippen LogP contribution in [0.3, 0.4) is 0 Å². The Hall–Kier alpha value is -3.59. The minimum absolute atomic E-state index is 0.0119. The summed E-state index contributed by atoms with van der Waals surface area (Å²) >= 11 is 0. The topological polar surface area (TPSA) is 34.1 Å². The average Bonchev–Trinajstić information content (AvgIpc) is 2.79. The fraction of sp³-hybridized carbons (Fsp3) is 0.115. The second-order valence-electron chi connectivity index (χ2n) is 7.02. The Bertz CT molecular complexity index is 1060. The van der Waals surface area contributed by atoms with E-state index in [4.69, 9.17) is 4.74 Å². The standard InChI is InChI=1S/C26H24N2O/c1-19-10-12-20(13-11-19)26(28-21-14-16-22(29-2)17-15-21)24-8-4-3-7-23(24)25-9-5-6-18-27-25/h3-18,26,28H,1-2H3/t26-/m0/s1. The SMILES string of the molecule is COc1ccc(N[C@@H](c2ccc(C)cc2)c2ccccc2-c2ccccn2)cc1. The van der Waals surface area contributed by atoms with Crippen LogP contribution in [0.5, 0.6) is 5.75 Å². The Morgan fingerprint density at radius 1 is 0.793 bits per heavy atom. The lowest BCUT2D eigenvalue weighted by atomic mass is 9.92. The first kappa shape index (κ1) is 18.8. The van der Waals surface area contributed by atoms with Gasteiger partial charge in [0.15, 0.2) is 0 Å². The van der Waals surface area contributed by atoms with Crippen molar-refractivity contribution in [1.29, 1.82) is 0 Å². The molecule has 0 fully saturated rings. The van der Waals surface area contributed by atoms with E-state index in [0.29, 0.717) is 0 Å². The number of ether oxygens (including phenoxy) is 1. The molecule has 0 aliphatic heterocycles. The number of nitrogens with one attached hydrogen (secondary N) is 1. The summed E-state index contributed by atoms with van der Waals surface area (Å²) in [5.41, 5.74) is 6.76. The number of rotatable bonds is 6. The van der Waals surface area contributed by atoms with Crippen LogP contribution in [0.1, 0.15) is 22.7 Å². The number of nitrogens with zero attached hydrogens (tertiary/aromatic N) is 1. The normalized spacial score (nSPS) is 11.7. The molecular weight excluding hydrogens is 356 g/mol.